The van der Waals surface area contributed by atoms with Gasteiger partial charge in [0, 0.05) is 0 Å². The van der Waals surface area contributed by atoms with Gasteiger partial charge in [0.05, 0.1) is 0 Å². The normalized spacial score (nSPS) is 11.8. The van der Waals surface area contributed by atoms with Crippen molar-refractivity contribution in [3.8, 4) is 0 Å². The van der Waals surface area contributed by atoms with Crippen LogP contribution in [0.5, 0.6) is 0 Å². The molecule has 32 valence electrons. The first-order valence-electron chi connectivity index (χ1n) is 0.721. The van der Waals surface area contributed by atoms with E-state index >= 15 is 0 Å². The van der Waals surface area contributed by atoms with Crippen LogP contribution in [-0.4, -0.2) is 0 Å². The molecule has 0 radical (unpaired) electrons. The minimum atomic E-state index is -2.17. The maximum atomic E-state index is 5.09. The van der Waals surface area contributed by atoms with E-state index < -0.39 is 3.95 Å². The van der Waals surface area contributed by atoms with Gasteiger partial charge in [-0.2, -0.15) is 0 Å². The van der Waals surface area contributed by atoms with Crippen LogP contribution in [0.4, 0.5) is 0 Å². The first-order valence-corrected chi connectivity index (χ1v) is 6.49. The highest BCUT2D eigenvalue weighted by molar-refractivity contribution is 8.79. The minimum Gasteiger partial charge on any atom is -0.112 e. The highest BCUT2D eigenvalue weighted by Gasteiger charge is 1.92. The van der Waals surface area contributed by atoms with Crippen molar-refractivity contribution in [1.82, 2.24) is 0 Å². The number of rotatable bonds is 0. The molecule has 0 aliphatic rings. The Bertz CT molecular complexity index is 53.8. The van der Waals surface area contributed by atoms with E-state index in [-0.39, 0.29) is 0 Å². The molecule has 0 nitrogen and oxygen atoms in total. The topological polar surface area (TPSA) is 0 Å². The largest absolute Gasteiger partial charge is 0.168 e. The molecule has 0 amide bonds. The maximum absolute atomic E-state index is 5.09. The van der Waals surface area contributed by atoms with Crippen LogP contribution in [-0.2, 0) is 11.8 Å². The summed E-state index contributed by atoms with van der Waals surface area (Å²) in [4.78, 5) is 0. The summed E-state index contributed by atoms with van der Waals surface area (Å²) in [7, 11) is 0. The highest BCUT2D eigenvalue weighted by atomic mass is 35.9. The summed E-state index contributed by atoms with van der Waals surface area (Å²) in [5, 5.41) is 0. The second kappa shape index (κ2) is 2.04. The predicted molar refractivity (Wildman–Crippen MR) is 35.0 cm³/mol. The van der Waals surface area contributed by atoms with E-state index in [1.54, 1.807) is 0 Å². The molecule has 5 heavy (non-hydrogen) atoms. The molecule has 5 heteroatoms. The maximum Gasteiger partial charge on any atom is 0.168 e. The van der Waals surface area contributed by atoms with Gasteiger partial charge in [-0.15, -0.1) is 12.2 Å². The third kappa shape index (κ3) is 28.6. The SMILES string of the molecule is S=P(S)(Cl)Cl. The Balaban J connectivity index is 3.47. The van der Waals surface area contributed by atoms with Crippen molar-refractivity contribution >= 4 is 50.5 Å². The van der Waals surface area contributed by atoms with Gasteiger partial charge in [0.15, 0.2) is 3.95 Å². The molecule has 0 aromatic rings. The van der Waals surface area contributed by atoms with Gasteiger partial charge in [-0.25, -0.2) is 0 Å². The fraction of sp³-hybridized carbons (Fsp3) is 0. The van der Waals surface area contributed by atoms with Gasteiger partial charge < -0.3 is 0 Å². The van der Waals surface area contributed by atoms with Crippen molar-refractivity contribution in [3.63, 3.8) is 0 Å². The Hall–Kier alpha value is 1.58. The Kier molecular flexibility index (Phi) is 2.68. The van der Waals surface area contributed by atoms with Crippen molar-refractivity contribution in [3.05, 3.63) is 0 Å². The second-order valence-corrected chi connectivity index (χ2v) is 11.7. The van der Waals surface area contributed by atoms with Crippen LogP contribution in [0.25, 0.3) is 0 Å². The molecule has 0 aliphatic carbocycles. The minimum absolute atomic E-state index is 2.17. The fourth-order valence-electron chi connectivity index (χ4n) is 0. The second-order valence-electron chi connectivity index (χ2n) is 0.435. The van der Waals surface area contributed by atoms with Crippen LogP contribution < -0.4 is 0 Å². The molecule has 0 unspecified atom stereocenters. The lowest BCUT2D eigenvalue weighted by atomic mass is 29.9. The summed E-state index contributed by atoms with van der Waals surface area (Å²) in [6, 6.07) is 0. The van der Waals surface area contributed by atoms with Crippen LogP contribution in [0, 0.1) is 0 Å². The quantitative estimate of drug-likeness (QED) is 0.427. The molecule has 0 aromatic carbocycles. The molecular formula is HCl2PS2. The van der Waals surface area contributed by atoms with Crippen LogP contribution in [0.2, 0.25) is 0 Å². The summed E-state index contributed by atoms with van der Waals surface area (Å²) in [5.41, 5.74) is 0. The number of hydrogen-bond acceptors (Lipinski definition) is 1. The molecule has 0 spiro atoms. The lowest BCUT2D eigenvalue weighted by Gasteiger charge is -1.83. The van der Waals surface area contributed by atoms with Crippen molar-refractivity contribution < 1.29 is 0 Å². The van der Waals surface area contributed by atoms with Crippen molar-refractivity contribution in [2.45, 2.75) is 0 Å². The smallest absolute Gasteiger partial charge is 0.112 e. The van der Waals surface area contributed by atoms with Crippen molar-refractivity contribution in [2.24, 2.45) is 0 Å². The molecule has 0 aromatic heterocycles. The monoisotopic (exact) mass is 166 g/mol. The number of hydrogen-bond donors (Lipinski definition) is 1. The van der Waals surface area contributed by atoms with Gasteiger partial charge in [-0.3, -0.25) is 0 Å². The zero-order valence-corrected chi connectivity index (χ0v) is 6.18. The van der Waals surface area contributed by atoms with Crippen LogP contribution in [0.3, 0.4) is 0 Å². The molecule has 0 N–H and O–H groups in total. The molecule has 0 fully saturated rings. The molecule has 0 bridgehead atoms. The summed E-state index contributed by atoms with van der Waals surface area (Å²) < 4.78 is -2.17. The Labute approximate surface area is 50.6 Å². The average Bonchev–Trinajstić information content (AvgIpc) is 0.722. The molecule has 0 saturated carbocycles. The first-order chi connectivity index (χ1) is 2.00. The molecular weight excluding hydrogens is 166 g/mol. The van der Waals surface area contributed by atoms with Crippen molar-refractivity contribution in [1.29, 1.82) is 0 Å². The van der Waals surface area contributed by atoms with Gasteiger partial charge in [0.25, 0.3) is 0 Å². The number of thiol groups is 1. The molecule has 0 atom stereocenters. The summed E-state index contributed by atoms with van der Waals surface area (Å²) in [6.45, 7) is 0. The Morgan fingerprint density at radius 1 is 1.60 bits per heavy atom. The van der Waals surface area contributed by atoms with Gasteiger partial charge >= 0.3 is 0 Å². The summed E-state index contributed by atoms with van der Waals surface area (Å²) in [5.74, 6) is 0. The van der Waals surface area contributed by atoms with Gasteiger partial charge in [-0.05, 0) is 0 Å². The van der Waals surface area contributed by atoms with Gasteiger partial charge in [0.2, 0.25) is 0 Å². The Morgan fingerprint density at radius 3 is 1.60 bits per heavy atom. The highest BCUT2D eigenvalue weighted by Crippen LogP contribution is 2.61. The van der Waals surface area contributed by atoms with E-state index in [0.717, 1.165) is 0 Å². The van der Waals surface area contributed by atoms with E-state index in [4.69, 9.17) is 22.5 Å². The van der Waals surface area contributed by atoms with Gasteiger partial charge in [0.1, 0.15) is 0 Å². The lowest BCUT2D eigenvalue weighted by molar-refractivity contribution is 4.68. The van der Waals surface area contributed by atoms with E-state index in [0.29, 0.717) is 0 Å². The first kappa shape index (κ1) is 6.58. The lowest BCUT2D eigenvalue weighted by Crippen LogP contribution is -1.18. The van der Waals surface area contributed by atoms with E-state index in [1.165, 1.54) is 0 Å². The van der Waals surface area contributed by atoms with Gasteiger partial charge in [-0.1, -0.05) is 34.3 Å². The molecule has 0 saturated heterocycles. The average molecular weight is 167 g/mol. The third-order valence-electron chi connectivity index (χ3n) is 0. The van der Waals surface area contributed by atoms with Crippen molar-refractivity contribution in [2.75, 3.05) is 0 Å². The van der Waals surface area contributed by atoms with Crippen LogP contribution in [0.15, 0.2) is 0 Å². The zero-order valence-electron chi connectivity index (χ0n) is 2.06. The van der Waals surface area contributed by atoms with E-state index in [9.17, 15) is 0 Å². The predicted octanol–water partition coefficient (Wildman–Crippen LogP) is 2.62. The van der Waals surface area contributed by atoms with E-state index in [2.05, 4.69) is 24.1 Å². The molecule has 0 aliphatic heterocycles. The standard InChI is InChI=1S/Cl2HPS2/c1-3(2,4)5/h(H,4,5). The van der Waals surface area contributed by atoms with E-state index in [1.807, 2.05) is 0 Å². The number of halogens is 2. The molecule has 0 heterocycles. The zero-order chi connectivity index (χ0) is 4.50. The third-order valence-corrected chi connectivity index (χ3v) is 0. The van der Waals surface area contributed by atoms with Crippen LogP contribution in [0.1, 0.15) is 0 Å². The van der Waals surface area contributed by atoms with Crippen LogP contribution >= 0.6 is 38.7 Å². The Morgan fingerprint density at radius 2 is 1.60 bits per heavy atom. The fourth-order valence-corrected chi connectivity index (χ4v) is 0. The molecule has 0 rings (SSSR count). The summed E-state index contributed by atoms with van der Waals surface area (Å²) in [6.07, 6.45) is 0. The summed E-state index contributed by atoms with van der Waals surface area (Å²) >= 11 is 18.1.